The van der Waals surface area contributed by atoms with Gasteiger partial charge in [-0.05, 0) is 53.6 Å². The first-order chi connectivity index (χ1) is 12.1. The maximum Gasteiger partial charge on any atom is 0.0446 e. The minimum atomic E-state index is 0.176. The van der Waals surface area contributed by atoms with Crippen molar-refractivity contribution in [2.45, 2.75) is 43.7 Å². The zero-order chi connectivity index (χ0) is 18.1. The Balaban J connectivity index is 1.89. The van der Waals surface area contributed by atoms with Crippen LogP contribution in [0.1, 0.15) is 26.7 Å². The zero-order valence-electron chi connectivity index (χ0n) is 15.2. The molecule has 2 aromatic rings. The van der Waals surface area contributed by atoms with Gasteiger partial charge in [-0.2, -0.15) is 0 Å². The molecule has 5 N–H and O–H groups in total. The summed E-state index contributed by atoms with van der Waals surface area (Å²) in [6, 6.07) is 15.4. The summed E-state index contributed by atoms with van der Waals surface area (Å²) in [5.74, 6) is 0.622. The van der Waals surface area contributed by atoms with E-state index >= 15 is 0 Å². The Kier molecular flexibility index (Phi) is 8.72. The summed E-state index contributed by atoms with van der Waals surface area (Å²) in [6.07, 6.45) is 1.78. The van der Waals surface area contributed by atoms with E-state index in [4.69, 9.17) is 5.73 Å². The number of benzene rings is 2. The van der Waals surface area contributed by atoms with Crippen LogP contribution in [0.15, 0.2) is 47.4 Å². The molecule has 138 valence electrons. The van der Waals surface area contributed by atoms with Crippen molar-refractivity contribution in [1.29, 1.82) is 0 Å². The number of aliphatic hydroxyl groups excluding tert-OH is 1. The maximum atomic E-state index is 9.34. The largest absolute Gasteiger partial charge is 0.396 e. The van der Waals surface area contributed by atoms with Crippen LogP contribution in [0.5, 0.6) is 0 Å². The topological polar surface area (TPSA) is 70.3 Å². The minimum Gasteiger partial charge on any atom is -0.396 e. The van der Waals surface area contributed by atoms with Crippen molar-refractivity contribution in [3.63, 3.8) is 0 Å². The van der Waals surface area contributed by atoms with Crippen LogP contribution < -0.4 is 15.8 Å². The van der Waals surface area contributed by atoms with Crippen LogP contribution in [0.3, 0.4) is 0 Å². The fourth-order valence-corrected chi connectivity index (χ4v) is 3.71. The van der Waals surface area contributed by atoms with E-state index in [0.717, 1.165) is 13.0 Å². The highest BCUT2D eigenvalue weighted by atomic mass is 32.2. The summed E-state index contributed by atoms with van der Waals surface area (Å²) < 4.78 is 3.49. The number of hydrogen-bond acceptors (Lipinski definition) is 5. The molecule has 0 aliphatic heterocycles. The molecule has 0 amide bonds. The number of nitrogens with one attached hydrogen (secondary N) is 2. The number of aliphatic hydroxyl groups is 1. The molecule has 4 nitrogen and oxygen atoms in total. The van der Waals surface area contributed by atoms with Crippen LogP contribution in [0.4, 0.5) is 0 Å². The highest BCUT2D eigenvalue weighted by Crippen LogP contribution is 2.22. The first-order valence-electron chi connectivity index (χ1n) is 9.07. The Morgan fingerprint density at radius 2 is 1.84 bits per heavy atom. The molecule has 2 unspecified atom stereocenters. The molecule has 0 spiro atoms. The molecule has 0 saturated carbocycles. The van der Waals surface area contributed by atoms with E-state index in [1.807, 2.05) is 0 Å². The molecule has 0 heterocycles. The Labute approximate surface area is 155 Å². The van der Waals surface area contributed by atoms with Gasteiger partial charge in [-0.3, -0.25) is 4.72 Å². The van der Waals surface area contributed by atoms with E-state index in [1.54, 1.807) is 11.9 Å². The Morgan fingerprint density at radius 3 is 2.52 bits per heavy atom. The van der Waals surface area contributed by atoms with Crippen LogP contribution >= 0.6 is 11.9 Å². The summed E-state index contributed by atoms with van der Waals surface area (Å²) in [5.41, 5.74) is 5.86. The van der Waals surface area contributed by atoms with Crippen LogP contribution in [0, 0.1) is 5.92 Å². The summed E-state index contributed by atoms with van der Waals surface area (Å²) in [7, 11) is 0. The lowest BCUT2D eigenvalue weighted by Crippen LogP contribution is -2.44. The Bertz CT molecular complexity index is 635. The van der Waals surface area contributed by atoms with Gasteiger partial charge >= 0.3 is 0 Å². The van der Waals surface area contributed by atoms with Gasteiger partial charge in [0.25, 0.3) is 0 Å². The van der Waals surface area contributed by atoms with Gasteiger partial charge in [-0.1, -0.05) is 44.2 Å². The molecule has 0 fully saturated rings. The zero-order valence-corrected chi connectivity index (χ0v) is 16.1. The smallest absolute Gasteiger partial charge is 0.0446 e. The highest BCUT2D eigenvalue weighted by molar-refractivity contribution is 7.97. The van der Waals surface area contributed by atoms with Gasteiger partial charge in [-0.25, -0.2) is 0 Å². The van der Waals surface area contributed by atoms with Crippen molar-refractivity contribution in [3.05, 3.63) is 42.5 Å². The second kappa shape index (κ2) is 10.8. The van der Waals surface area contributed by atoms with Crippen molar-refractivity contribution >= 4 is 22.7 Å². The first-order valence-corrected chi connectivity index (χ1v) is 9.89. The molecule has 0 aliphatic rings. The third kappa shape index (κ3) is 6.96. The average molecular weight is 362 g/mol. The van der Waals surface area contributed by atoms with E-state index in [1.165, 1.54) is 15.7 Å². The molecule has 0 saturated heterocycles. The first kappa shape index (κ1) is 20.2. The highest BCUT2D eigenvalue weighted by Gasteiger charge is 2.13. The van der Waals surface area contributed by atoms with E-state index in [0.29, 0.717) is 24.9 Å². The monoisotopic (exact) mass is 361 g/mol. The normalized spacial score (nSPS) is 14.1. The number of nitrogens with two attached hydrogens (primary N) is 1. The third-order valence-corrected chi connectivity index (χ3v) is 5.18. The molecule has 25 heavy (non-hydrogen) atoms. The van der Waals surface area contributed by atoms with Crippen LogP contribution in [-0.4, -0.2) is 36.9 Å². The lowest BCUT2D eigenvalue weighted by molar-refractivity contribution is 0.267. The molecule has 0 aromatic heterocycles. The molecule has 2 rings (SSSR count). The van der Waals surface area contributed by atoms with E-state index in [9.17, 15) is 5.11 Å². The second-order valence-electron chi connectivity index (χ2n) is 6.91. The van der Waals surface area contributed by atoms with Gasteiger partial charge in [0.1, 0.15) is 0 Å². The Morgan fingerprint density at radius 1 is 1.08 bits per heavy atom. The second-order valence-corrected chi connectivity index (χ2v) is 7.82. The molecular formula is C20H31N3OS. The van der Waals surface area contributed by atoms with E-state index in [-0.39, 0.29) is 12.6 Å². The number of fused-ring (bicyclic) bond motifs is 1. The van der Waals surface area contributed by atoms with Crippen LogP contribution in [0.25, 0.3) is 10.8 Å². The predicted octanol–water partition coefficient (Wildman–Crippen LogP) is 3.15. The SMILES string of the molecule is CC(C)CC(CN)NCC(CCO)NSc1ccc2ccccc2c1. The third-order valence-electron chi connectivity index (χ3n) is 4.24. The minimum absolute atomic E-state index is 0.176. The average Bonchev–Trinajstić information content (AvgIpc) is 2.62. The standard InChI is InChI=1S/C20H31N3OS/c1-15(2)11-19(13-21)22-14-18(9-10-24)23-25-20-8-7-16-5-3-4-6-17(16)12-20/h3-8,12,15,18-19,22-24H,9-11,13-14,21H2,1-2H3. The van der Waals surface area contributed by atoms with Gasteiger partial charge in [0.05, 0.1) is 0 Å². The van der Waals surface area contributed by atoms with Crippen molar-refractivity contribution in [3.8, 4) is 0 Å². The molecule has 0 radical (unpaired) electrons. The van der Waals surface area contributed by atoms with Gasteiger partial charge < -0.3 is 16.2 Å². The summed E-state index contributed by atoms with van der Waals surface area (Å²) in [5, 5.41) is 15.4. The van der Waals surface area contributed by atoms with E-state index < -0.39 is 0 Å². The summed E-state index contributed by atoms with van der Waals surface area (Å²) in [6.45, 7) is 6.04. The van der Waals surface area contributed by atoms with E-state index in [2.05, 4.69) is 66.4 Å². The fraction of sp³-hybridized carbons (Fsp3) is 0.500. The lowest BCUT2D eigenvalue weighted by atomic mass is 10.0. The van der Waals surface area contributed by atoms with Crippen molar-refractivity contribution in [2.24, 2.45) is 11.7 Å². The number of hydrogen-bond donors (Lipinski definition) is 4. The van der Waals surface area contributed by atoms with Gasteiger partial charge in [-0.15, -0.1) is 0 Å². The molecular weight excluding hydrogens is 330 g/mol. The molecule has 0 bridgehead atoms. The molecule has 2 atom stereocenters. The summed E-state index contributed by atoms with van der Waals surface area (Å²) in [4.78, 5) is 1.18. The van der Waals surface area contributed by atoms with Gasteiger partial charge in [0, 0.05) is 36.7 Å². The van der Waals surface area contributed by atoms with Crippen LogP contribution in [-0.2, 0) is 0 Å². The number of rotatable bonds is 11. The summed E-state index contributed by atoms with van der Waals surface area (Å²) >= 11 is 1.62. The Hall–Kier alpha value is -1.11. The fourth-order valence-electron chi connectivity index (χ4n) is 2.88. The van der Waals surface area contributed by atoms with Gasteiger partial charge in [0.2, 0.25) is 0 Å². The van der Waals surface area contributed by atoms with Crippen molar-refractivity contribution < 1.29 is 5.11 Å². The predicted molar refractivity (Wildman–Crippen MR) is 109 cm³/mol. The van der Waals surface area contributed by atoms with Crippen molar-refractivity contribution in [2.75, 3.05) is 19.7 Å². The van der Waals surface area contributed by atoms with Gasteiger partial charge in [0.15, 0.2) is 0 Å². The quantitative estimate of drug-likeness (QED) is 0.463. The molecule has 2 aromatic carbocycles. The maximum absolute atomic E-state index is 9.34. The molecule has 5 heteroatoms. The lowest BCUT2D eigenvalue weighted by Gasteiger charge is -2.23. The molecule has 0 aliphatic carbocycles. The van der Waals surface area contributed by atoms with Crippen LogP contribution in [0.2, 0.25) is 0 Å². The van der Waals surface area contributed by atoms with Crippen molar-refractivity contribution in [1.82, 2.24) is 10.0 Å².